The molecule has 1 aromatic heterocycles. The maximum Gasteiger partial charge on any atom is 0.243 e. The number of aromatic nitrogens is 1. The molecule has 0 radical (unpaired) electrons. The van der Waals surface area contributed by atoms with E-state index in [0.29, 0.717) is 10.8 Å². The lowest BCUT2D eigenvalue weighted by Crippen LogP contribution is -2.19. The quantitative estimate of drug-likeness (QED) is 0.555. The predicted molar refractivity (Wildman–Crippen MR) is 111 cm³/mol. The second-order valence-corrected chi connectivity index (χ2v) is 7.55. The third kappa shape index (κ3) is 5.25. The highest BCUT2D eigenvalue weighted by Gasteiger charge is 2.22. The van der Waals surface area contributed by atoms with E-state index in [1.807, 2.05) is 49.4 Å². The molecule has 27 heavy (non-hydrogen) atoms. The summed E-state index contributed by atoms with van der Waals surface area (Å²) in [5, 5.41) is 3.08. The summed E-state index contributed by atoms with van der Waals surface area (Å²) in [6.07, 6.45) is 1.73. The van der Waals surface area contributed by atoms with Crippen LogP contribution in [-0.4, -0.2) is 18.0 Å². The van der Waals surface area contributed by atoms with Crippen LogP contribution in [0.4, 0.5) is 5.82 Å². The molecule has 3 aromatic rings. The van der Waals surface area contributed by atoms with E-state index < -0.39 is 5.25 Å². The fraction of sp³-hybridized carbons (Fsp3) is 0.143. The Kier molecular flexibility index (Phi) is 6.37. The van der Waals surface area contributed by atoms with Crippen LogP contribution >= 0.6 is 23.4 Å². The largest absolute Gasteiger partial charge is 0.497 e. The summed E-state index contributed by atoms with van der Waals surface area (Å²) in [7, 11) is 1.63. The van der Waals surface area contributed by atoms with Crippen molar-refractivity contribution in [2.75, 3.05) is 12.4 Å². The number of amides is 1. The average Bonchev–Trinajstić information content (AvgIpc) is 2.69. The molecule has 0 aliphatic heterocycles. The third-order valence-electron chi connectivity index (χ3n) is 3.89. The summed E-state index contributed by atoms with van der Waals surface area (Å²) < 4.78 is 5.20. The van der Waals surface area contributed by atoms with Crippen LogP contribution < -0.4 is 10.1 Å². The molecule has 0 aliphatic rings. The van der Waals surface area contributed by atoms with E-state index in [-0.39, 0.29) is 5.91 Å². The molecule has 0 saturated carbocycles. The van der Waals surface area contributed by atoms with Crippen molar-refractivity contribution in [1.82, 2.24) is 4.98 Å². The zero-order chi connectivity index (χ0) is 19.2. The maximum atomic E-state index is 13.0. The van der Waals surface area contributed by atoms with Gasteiger partial charge in [-0.3, -0.25) is 4.79 Å². The van der Waals surface area contributed by atoms with Gasteiger partial charge in [0.1, 0.15) is 16.8 Å². The van der Waals surface area contributed by atoms with Crippen molar-refractivity contribution >= 4 is 35.1 Å². The second kappa shape index (κ2) is 8.93. The highest BCUT2D eigenvalue weighted by Crippen LogP contribution is 2.37. The zero-order valence-corrected chi connectivity index (χ0v) is 16.6. The molecule has 138 valence electrons. The monoisotopic (exact) mass is 398 g/mol. The number of hydrogen-bond donors (Lipinski definition) is 1. The number of carbonyl (C=O) groups is 1. The van der Waals surface area contributed by atoms with Gasteiger partial charge in [-0.05, 0) is 60.5 Å². The molecule has 0 fully saturated rings. The molecule has 1 unspecified atom stereocenters. The minimum absolute atomic E-state index is 0.144. The fourth-order valence-corrected chi connectivity index (χ4v) is 3.58. The number of hydrogen-bond acceptors (Lipinski definition) is 4. The summed E-state index contributed by atoms with van der Waals surface area (Å²) in [5.41, 5.74) is 1.90. The van der Waals surface area contributed by atoms with Crippen molar-refractivity contribution in [3.05, 3.63) is 83.0 Å². The van der Waals surface area contributed by atoms with E-state index in [0.717, 1.165) is 21.8 Å². The topological polar surface area (TPSA) is 51.2 Å². The molecule has 4 nitrogen and oxygen atoms in total. The van der Waals surface area contributed by atoms with Crippen LogP contribution in [0.1, 0.15) is 16.4 Å². The lowest BCUT2D eigenvalue weighted by atomic mass is 10.1. The number of nitrogens with zero attached hydrogens (tertiary/aromatic N) is 1. The van der Waals surface area contributed by atoms with Crippen LogP contribution in [-0.2, 0) is 4.79 Å². The Bertz CT molecular complexity index is 897. The van der Waals surface area contributed by atoms with Crippen molar-refractivity contribution in [2.45, 2.75) is 17.1 Å². The van der Waals surface area contributed by atoms with Crippen molar-refractivity contribution in [3.8, 4) is 5.75 Å². The molecule has 1 atom stereocenters. The lowest BCUT2D eigenvalue weighted by Gasteiger charge is -2.17. The van der Waals surface area contributed by atoms with Gasteiger partial charge >= 0.3 is 0 Å². The first-order chi connectivity index (χ1) is 13.0. The van der Waals surface area contributed by atoms with Crippen molar-refractivity contribution in [2.24, 2.45) is 0 Å². The Hall–Kier alpha value is -2.50. The first-order valence-electron chi connectivity index (χ1n) is 8.35. The maximum absolute atomic E-state index is 13.0. The van der Waals surface area contributed by atoms with Crippen molar-refractivity contribution in [3.63, 3.8) is 0 Å². The van der Waals surface area contributed by atoms with Gasteiger partial charge in [-0.15, -0.1) is 11.8 Å². The van der Waals surface area contributed by atoms with Gasteiger partial charge in [0.2, 0.25) is 5.91 Å². The van der Waals surface area contributed by atoms with Crippen LogP contribution in [0.5, 0.6) is 5.75 Å². The van der Waals surface area contributed by atoms with Gasteiger partial charge in [-0.1, -0.05) is 29.8 Å². The second-order valence-electron chi connectivity index (χ2n) is 5.94. The van der Waals surface area contributed by atoms with Gasteiger partial charge < -0.3 is 10.1 Å². The van der Waals surface area contributed by atoms with E-state index in [4.69, 9.17) is 16.3 Å². The van der Waals surface area contributed by atoms with Crippen LogP contribution in [0.2, 0.25) is 5.02 Å². The van der Waals surface area contributed by atoms with Gasteiger partial charge in [-0.25, -0.2) is 4.98 Å². The number of methoxy groups -OCH3 is 1. The Morgan fingerprint density at radius 3 is 2.37 bits per heavy atom. The molecule has 2 aromatic carbocycles. The summed E-state index contributed by atoms with van der Waals surface area (Å²) in [5.74, 6) is 1.16. The molecule has 1 N–H and O–H groups in total. The number of thioether (sulfide) groups is 1. The number of benzene rings is 2. The number of ether oxygens (including phenoxy) is 1. The van der Waals surface area contributed by atoms with Crippen molar-refractivity contribution in [1.29, 1.82) is 0 Å². The smallest absolute Gasteiger partial charge is 0.243 e. The molecule has 0 aliphatic carbocycles. The molecule has 1 heterocycles. The Morgan fingerprint density at radius 1 is 1.07 bits per heavy atom. The minimum Gasteiger partial charge on any atom is -0.497 e. The van der Waals surface area contributed by atoms with E-state index in [9.17, 15) is 4.79 Å². The Balaban J connectivity index is 1.84. The lowest BCUT2D eigenvalue weighted by molar-refractivity contribution is -0.115. The summed E-state index contributed by atoms with van der Waals surface area (Å²) in [4.78, 5) is 18.2. The fourth-order valence-electron chi connectivity index (χ4n) is 2.43. The molecule has 1 amide bonds. The number of pyridine rings is 1. The minimum atomic E-state index is -0.446. The first kappa shape index (κ1) is 19.3. The molecule has 6 heteroatoms. The van der Waals surface area contributed by atoms with Gasteiger partial charge in [0.05, 0.1) is 7.11 Å². The van der Waals surface area contributed by atoms with Crippen LogP contribution in [0.15, 0.2) is 71.8 Å². The predicted octanol–water partition coefficient (Wildman–Crippen LogP) is 5.52. The van der Waals surface area contributed by atoms with Crippen LogP contribution in [0.3, 0.4) is 0 Å². The van der Waals surface area contributed by atoms with Gasteiger partial charge in [0.15, 0.2) is 0 Å². The Labute approximate surface area is 167 Å². The van der Waals surface area contributed by atoms with E-state index in [2.05, 4.69) is 10.3 Å². The first-order valence-corrected chi connectivity index (χ1v) is 9.60. The van der Waals surface area contributed by atoms with E-state index in [1.54, 1.807) is 31.5 Å². The molecule has 3 rings (SSSR count). The van der Waals surface area contributed by atoms with E-state index >= 15 is 0 Å². The molecular formula is C21H19ClN2O2S. The summed E-state index contributed by atoms with van der Waals surface area (Å²) in [6, 6.07) is 18.6. The van der Waals surface area contributed by atoms with Gasteiger partial charge in [0.25, 0.3) is 0 Å². The normalized spacial score (nSPS) is 11.7. The third-order valence-corrected chi connectivity index (χ3v) is 5.41. The standard InChI is InChI=1S/C21H19ClN2O2S/c1-14-3-12-19(23-13-14)24-21(25)20(15-4-6-16(22)7-5-15)27-18-10-8-17(26-2)9-11-18/h3-13,20H,1-2H3,(H,23,24,25). The Morgan fingerprint density at radius 2 is 1.78 bits per heavy atom. The zero-order valence-electron chi connectivity index (χ0n) is 15.0. The number of anilines is 1. The van der Waals surface area contributed by atoms with Crippen LogP contribution in [0.25, 0.3) is 0 Å². The molecule has 0 saturated heterocycles. The van der Waals surface area contributed by atoms with Gasteiger partial charge in [0, 0.05) is 16.1 Å². The number of aryl methyl sites for hydroxylation is 1. The number of nitrogens with one attached hydrogen (secondary N) is 1. The molecular weight excluding hydrogens is 380 g/mol. The van der Waals surface area contributed by atoms with E-state index in [1.165, 1.54) is 11.8 Å². The number of rotatable bonds is 6. The molecule has 0 spiro atoms. The average molecular weight is 399 g/mol. The van der Waals surface area contributed by atoms with Crippen molar-refractivity contribution < 1.29 is 9.53 Å². The molecule has 0 bridgehead atoms. The number of halogens is 1. The SMILES string of the molecule is COc1ccc(SC(C(=O)Nc2ccc(C)cn2)c2ccc(Cl)cc2)cc1. The van der Waals surface area contributed by atoms with Crippen LogP contribution in [0, 0.1) is 6.92 Å². The summed E-state index contributed by atoms with van der Waals surface area (Å²) >= 11 is 7.46. The number of carbonyl (C=O) groups excluding carboxylic acids is 1. The highest BCUT2D eigenvalue weighted by atomic mass is 35.5. The summed E-state index contributed by atoms with van der Waals surface area (Å²) in [6.45, 7) is 1.95. The van der Waals surface area contributed by atoms with Gasteiger partial charge in [-0.2, -0.15) is 0 Å². The highest BCUT2D eigenvalue weighted by molar-refractivity contribution is 8.00.